The number of hydrogen-bond donors (Lipinski definition) is 1. The van der Waals surface area contributed by atoms with E-state index in [9.17, 15) is 9.59 Å². The second-order valence-electron chi connectivity index (χ2n) is 7.50. The molecule has 1 aliphatic carbocycles. The second-order valence-corrected chi connectivity index (χ2v) is 7.50. The topological polar surface area (TPSA) is 75.4 Å². The van der Waals surface area contributed by atoms with Crippen LogP contribution < -0.4 is 5.32 Å². The number of aryl methyl sites for hydroxylation is 2. The Bertz CT molecular complexity index is 845. The first-order valence-electron chi connectivity index (χ1n) is 9.01. The van der Waals surface area contributed by atoms with Crippen LogP contribution in [0, 0.1) is 25.2 Å². The number of nitrogens with one attached hydrogen (secondary N) is 1. The van der Waals surface area contributed by atoms with Gasteiger partial charge in [-0.1, -0.05) is 6.07 Å². The molecule has 6 heteroatoms. The van der Waals surface area contributed by atoms with Crippen molar-refractivity contribution in [1.29, 1.82) is 0 Å². The highest BCUT2D eigenvalue weighted by molar-refractivity contribution is 5.95. The molecular weight excluding hydrogens is 330 g/mol. The SMILES string of the molecule is Cc1cc(C(=O)N2CC[C@]3(C[C@@H]3C(=O)NCc3cccnc3)C2)c(C)o1. The molecule has 136 valence electrons. The Hall–Kier alpha value is -2.63. The molecule has 1 saturated heterocycles. The summed E-state index contributed by atoms with van der Waals surface area (Å²) in [6.45, 7) is 5.52. The van der Waals surface area contributed by atoms with Gasteiger partial charge in [0.15, 0.2) is 0 Å². The minimum Gasteiger partial charge on any atom is -0.466 e. The van der Waals surface area contributed by atoms with Crippen molar-refractivity contribution in [1.82, 2.24) is 15.2 Å². The molecule has 2 aliphatic rings. The maximum Gasteiger partial charge on any atom is 0.257 e. The number of rotatable bonds is 4. The third kappa shape index (κ3) is 3.00. The zero-order chi connectivity index (χ0) is 18.3. The summed E-state index contributed by atoms with van der Waals surface area (Å²) in [7, 11) is 0. The number of carbonyl (C=O) groups is 2. The Kier molecular flexibility index (Phi) is 4.05. The van der Waals surface area contributed by atoms with Crippen molar-refractivity contribution < 1.29 is 14.0 Å². The van der Waals surface area contributed by atoms with Gasteiger partial charge in [-0.2, -0.15) is 0 Å². The highest BCUT2D eigenvalue weighted by Crippen LogP contribution is 2.58. The van der Waals surface area contributed by atoms with Gasteiger partial charge in [0.05, 0.1) is 5.56 Å². The monoisotopic (exact) mass is 353 g/mol. The molecule has 2 atom stereocenters. The summed E-state index contributed by atoms with van der Waals surface area (Å²) in [6, 6.07) is 5.61. The minimum atomic E-state index is -0.0403. The van der Waals surface area contributed by atoms with Crippen LogP contribution in [0.3, 0.4) is 0 Å². The van der Waals surface area contributed by atoms with Crippen molar-refractivity contribution in [3.05, 3.63) is 53.2 Å². The molecule has 2 aromatic heterocycles. The van der Waals surface area contributed by atoms with E-state index in [0.29, 0.717) is 31.0 Å². The zero-order valence-corrected chi connectivity index (χ0v) is 15.1. The Morgan fingerprint density at radius 3 is 2.96 bits per heavy atom. The number of amides is 2. The van der Waals surface area contributed by atoms with Crippen LogP contribution in [0.25, 0.3) is 0 Å². The van der Waals surface area contributed by atoms with E-state index < -0.39 is 0 Å². The summed E-state index contributed by atoms with van der Waals surface area (Å²) >= 11 is 0. The van der Waals surface area contributed by atoms with Gasteiger partial charge in [0.2, 0.25) is 5.91 Å². The van der Waals surface area contributed by atoms with Gasteiger partial charge in [-0.3, -0.25) is 14.6 Å². The van der Waals surface area contributed by atoms with Gasteiger partial charge in [-0.05, 0) is 44.4 Å². The van der Waals surface area contributed by atoms with Gasteiger partial charge in [0, 0.05) is 43.4 Å². The number of nitrogens with zero attached hydrogens (tertiary/aromatic N) is 2. The van der Waals surface area contributed by atoms with Crippen molar-refractivity contribution >= 4 is 11.8 Å². The molecule has 1 aliphatic heterocycles. The van der Waals surface area contributed by atoms with E-state index in [4.69, 9.17) is 4.42 Å². The number of pyridine rings is 1. The third-order valence-corrected chi connectivity index (χ3v) is 5.64. The van der Waals surface area contributed by atoms with Crippen molar-refractivity contribution in [2.24, 2.45) is 11.3 Å². The summed E-state index contributed by atoms with van der Waals surface area (Å²) in [5.41, 5.74) is 1.59. The molecule has 3 heterocycles. The number of hydrogen-bond acceptors (Lipinski definition) is 4. The van der Waals surface area contributed by atoms with Crippen LogP contribution in [-0.2, 0) is 11.3 Å². The maximum atomic E-state index is 12.7. The minimum absolute atomic E-state index is 0.00385. The molecule has 2 fully saturated rings. The molecule has 0 radical (unpaired) electrons. The lowest BCUT2D eigenvalue weighted by atomic mass is 10.0. The van der Waals surface area contributed by atoms with Crippen molar-refractivity contribution in [3.63, 3.8) is 0 Å². The molecule has 2 amide bonds. The summed E-state index contributed by atoms with van der Waals surface area (Å²) in [4.78, 5) is 31.2. The van der Waals surface area contributed by atoms with Crippen molar-refractivity contribution in [2.45, 2.75) is 33.2 Å². The quantitative estimate of drug-likeness (QED) is 0.916. The lowest BCUT2D eigenvalue weighted by Crippen LogP contribution is -2.31. The van der Waals surface area contributed by atoms with Gasteiger partial charge in [-0.25, -0.2) is 0 Å². The van der Waals surface area contributed by atoms with E-state index in [1.165, 1.54) is 0 Å². The molecule has 6 nitrogen and oxygen atoms in total. The van der Waals surface area contributed by atoms with E-state index in [2.05, 4.69) is 10.3 Å². The fraction of sp³-hybridized carbons (Fsp3) is 0.450. The number of likely N-dealkylation sites (tertiary alicyclic amines) is 1. The maximum absolute atomic E-state index is 12.7. The van der Waals surface area contributed by atoms with Crippen LogP contribution in [0.2, 0.25) is 0 Å². The van der Waals surface area contributed by atoms with Gasteiger partial charge < -0.3 is 14.6 Å². The van der Waals surface area contributed by atoms with Gasteiger partial charge in [0.1, 0.15) is 11.5 Å². The smallest absolute Gasteiger partial charge is 0.257 e. The lowest BCUT2D eigenvalue weighted by molar-refractivity contribution is -0.123. The van der Waals surface area contributed by atoms with E-state index >= 15 is 0 Å². The van der Waals surface area contributed by atoms with E-state index in [1.807, 2.05) is 30.9 Å². The molecule has 4 rings (SSSR count). The summed E-state index contributed by atoms with van der Waals surface area (Å²) in [5, 5.41) is 3.00. The van der Waals surface area contributed by atoms with E-state index in [-0.39, 0.29) is 23.1 Å². The first kappa shape index (κ1) is 16.8. The lowest BCUT2D eigenvalue weighted by Gasteiger charge is -2.16. The second kappa shape index (κ2) is 6.27. The molecule has 1 spiro atoms. The van der Waals surface area contributed by atoms with Crippen LogP contribution in [-0.4, -0.2) is 34.8 Å². The normalized spacial score (nSPS) is 24.1. The average molecular weight is 353 g/mol. The average Bonchev–Trinajstić information content (AvgIpc) is 2.98. The zero-order valence-electron chi connectivity index (χ0n) is 15.1. The number of carbonyl (C=O) groups excluding carboxylic acids is 2. The highest BCUT2D eigenvalue weighted by atomic mass is 16.3. The number of aromatic nitrogens is 1. The fourth-order valence-corrected chi connectivity index (χ4v) is 4.07. The molecule has 1 N–H and O–H groups in total. The van der Waals surface area contributed by atoms with E-state index in [1.54, 1.807) is 18.5 Å². The van der Waals surface area contributed by atoms with Crippen LogP contribution in [0.1, 0.15) is 40.3 Å². The number of furan rings is 1. The van der Waals surface area contributed by atoms with Crippen molar-refractivity contribution in [2.75, 3.05) is 13.1 Å². The van der Waals surface area contributed by atoms with Crippen LogP contribution in [0.4, 0.5) is 0 Å². The van der Waals surface area contributed by atoms with Gasteiger partial charge in [0.25, 0.3) is 5.91 Å². The van der Waals surface area contributed by atoms with Gasteiger partial charge >= 0.3 is 0 Å². The molecule has 26 heavy (non-hydrogen) atoms. The Balaban J connectivity index is 1.35. The Labute approximate surface area is 152 Å². The van der Waals surface area contributed by atoms with Crippen molar-refractivity contribution in [3.8, 4) is 0 Å². The largest absolute Gasteiger partial charge is 0.466 e. The fourth-order valence-electron chi connectivity index (χ4n) is 4.07. The molecule has 0 bridgehead atoms. The predicted octanol–water partition coefficient (Wildman–Crippen LogP) is 2.46. The molecule has 1 saturated carbocycles. The Morgan fingerprint density at radius 2 is 2.27 bits per heavy atom. The molecule has 0 aromatic carbocycles. The first-order valence-corrected chi connectivity index (χ1v) is 9.01. The molecule has 0 unspecified atom stereocenters. The van der Waals surface area contributed by atoms with Crippen LogP contribution in [0.5, 0.6) is 0 Å². The van der Waals surface area contributed by atoms with Crippen LogP contribution in [0.15, 0.2) is 35.0 Å². The highest BCUT2D eigenvalue weighted by Gasteiger charge is 2.61. The Morgan fingerprint density at radius 1 is 1.42 bits per heavy atom. The molecule has 2 aromatic rings. The third-order valence-electron chi connectivity index (χ3n) is 5.64. The van der Waals surface area contributed by atoms with Crippen LogP contribution >= 0.6 is 0 Å². The molecular formula is C20H23N3O3. The summed E-state index contributed by atoms with van der Waals surface area (Å²) in [6.07, 6.45) is 5.22. The van der Waals surface area contributed by atoms with Gasteiger partial charge in [-0.15, -0.1) is 0 Å². The summed E-state index contributed by atoms with van der Waals surface area (Å²) < 4.78 is 5.48. The van der Waals surface area contributed by atoms with E-state index in [0.717, 1.165) is 24.2 Å². The first-order chi connectivity index (χ1) is 12.5. The standard InChI is InChI=1S/C20H23N3O3/c1-13-8-16(14(2)26-13)19(25)23-7-5-20(12-23)9-17(20)18(24)22-11-15-4-3-6-21-10-15/h3-4,6,8,10,17H,5,7,9,11-12H2,1-2H3,(H,22,24)/t17-,20+/m1/s1. The summed E-state index contributed by atoms with van der Waals surface area (Å²) in [5.74, 6) is 1.51. The predicted molar refractivity (Wildman–Crippen MR) is 95.3 cm³/mol.